The van der Waals surface area contributed by atoms with Crippen LogP contribution >= 0.6 is 23.4 Å². The Morgan fingerprint density at radius 1 is 1.00 bits per heavy atom. The second kappa shape index (κ2) is 13.4. The van der Waals surface area contributed by atoms with E-state index in [1.807, 2.05) is 24.3 Å². The number of benzene rings is 3. The monoisotopic (exact) mass is 688 g/mol. The highest BCUT2D eigenvalue weighted by molar-refractivity contribution is 8.00. The second-order valence-corrected chi connectivity index (χ2v) is 14.6. The number of hydrogen-bond acceptors (Lipinski definition) is 8. The van der Waals surface area contributed by atoms with Crippen molar-refractivity contribution in [3.63, 3.8) is 0 Å². The number of anilines is 2. The van der Waals surface area contributed by atoms with Crippen LogP contribution in [0.1, 0.15) is 29.7 Å². The fourth-order valence-corrected chi connectivity index (χ4v) is 8.00. The maximum atomic E-state index is 13.2. The molecule has 14 heteroatoms. The van der Waals surface area contributed by atoms with Gasteiger partial charge >= 0.3 is 5.51 Å². The number of nitrogens with one attached hydrogen (secondary N) is 1. The maximum Gasteiger partial charge on any atom is 0.446 e. The zero-order chi connectivity index (χ0) is 32.5. The Balaban J connectivity index is 1.09. The smallest absolute Gasteiger partial charge is 0.398 e. The summed E-state index contributed by atoms with van der Waals surface area (Å²) in [6, 6.07) is 20.0. The van der Waals surface area contributed by atoms with E-state index in [1.165, 1.54) is 23.5 Å². The van der Waals surface area contributed by atoms with E-state index in [9.17, 15) is 21.6 Å². The molecule has 242 valence electrons. The lowest BCUT2D eigenvalue weighted by Crippen LogP contribution is -2.46. The van der Waals surface area contributed by atoms with Crippen molar-refractivity contribution in [1.29, 1.82) is 0 Å². The van der Waals surface area contributed by atoms with Crippen LogP contribution in [0.5, 0.6) is 0 Å². The molecule has 0 amide bonds. The third kappa shape index (κ3) is 7.60. The molecule has 3 heterocycles. The molecule has 0 radical (unpaired) electrons. The molecule has 3 aromatic carbocycles. The van der Waals surface area contributed by atoms with Gasteiger partial charge in [0.2, 0.25) is 0 Å². The van der Waals surface area contributed by atoms with Gasteiger partial charge < -0.3 is 5.73 Å². The topological polar surface area (TPSA) is 104 Å². The van der Waals surface area contributed by atoms with E-state index in [-0.39, 0.29) is 21.3 Å². The number of aromatic nitrogens is 2. The van der Waals surface area contributed by atoms with E-state index in [1.54, 1.807) is 0 Å². The molecule has 0 bridgehead atoms. The number of alkyl halides is 3. The van der Waals surface area contributed by atoms with Gasteiger partial charge in [-0.25, -0.2) is 18.4 Å². The van der Waals surface area contributed by atoms with E-state index < -0.39 is 27.3 Å². The molecule has 2 aliphatic rings. The lowest BCUT2D eigenvalue weighted by molar-refractivity contribution is -0.0328. The lowest BCUT2D eigenvalue weighted by atomic mass is 9.96. The highest BCUT2D eigenvalue weighted by Crippen LogP contribution is 2.40. The highest BCUT2D eigenvalue weighted by atomic mass is 35.5. The Hall–Kier alpha value is -3.36. The Morgan fingerprint density at radius 2 is 1.74 bits per heavy atom. The Labute approximate surface area is 275 Å². The van der Waals surface area contributed by atoms with Gasteiger partial charge in [0.1, 0.15) is 12.1 Å². The maximum absolute atomic E-state index is 13.2. The molecular weight excluding hydrogens is 657 g/mol. The SMILES string of the molecule is Nc1ccc(S(=O)(=O)Nc2ncnc3c2CCN(C2CCN(Cc4ccccc4-c4ccc(Cl)cc4)CC2)C3)cc1SC(F)(F)F. The minimum Gasteiger partial charge on any atom is -0.398 e. The number of rotatable bonds is 8. The molecule has 0 aliphatic carbocycles. The van der Waals surface area contributed by atoms with Crippen LogP contribution < -0.4 is 10.5 Å². The van der Waals surface area contributed by atoms with Crippen LogP contribution in [-0.2, 0) is 29.5 Å². The van der Waals surface area contributed by atoms with Crippen molar-refractivity contribution in [2.75, 3.05) is 30.1 Å². The van der Waals surface area contributed by atoms with Crippen molar-refractivity contribution in [2.24, 2.45) is 0 Å². The third-order valence-electron chi connectivity index (χ3n) is 8.43. The summed E-state index contributed by atoms with van der Waals surface area (Å²) >= 11 is 5.65. The van der Waals surface area contributed by atoms with Gasteiger partial charge in [-0.2, -0.15) is 13.2 Å². The summed E-state index contributed by atoms with van der Waals surface area (Å²) in [6.07, 6.45) is 3.85. The van der Waals surface area contributed by atoms with Crippen LogP contribution in [-0.4, -0.2) is 59.4 Å². The molecule has 1 aromatic heterocycles. The summed E-state index contributed by atoms with van der Waals surface area (Å²) in [5.74, 6) is 0.140. The van der Waals surface area contributed by atoms with Crippen molar-refractivity contribution >= 4 is 44.9 Å². The highest BCUT2D eigenvalue weighted by Gasteiger charge is 2.32. The van der Waals surface area contributed by atoms with Crippen LogP contribution in [0.4, 0.5) is 24.7 Å². The van der Waals surface area contributed by atoms with Gasteiger partial charge in [-0.05, 0) is 91.1 Å². The molecule has 2 aliphatic heterocycles. The minimum atomic E-state index is -4.61. The van der Waals surface area contributed by atoms with Gasteiger partial charge in [-0.3, -0.25) is 14.5 Å². The van der Waals surface area contributed by atoms with Gasteiger partial charge in [0, 0.05) is 46.8 Å². The van der Waals surface area contributed by atoms with Gasteiger partial charge in [0.25, 0.3) is 10.0 Å². The van der Waals surface area contributed by atoms with Crippen molar-refractivity contribution in [3.05, 3.63) is 94.9 Å². The second-order valence-electron chi connectivity index (χ2n) is 11.4. The summed E-state index contributed by atoms with van der Waals surface area (Å²) in [4.78, 5) is 12.8. The standard InChI is InChI=1S/C32H32ClF3N6O2S2/c33-23-7-5-21(6-8-23)26-4-2-1-3-22(26)18-41-14-11-24(12-15-41)42-16-13-27-29(19-42)38-20-39-31(27)40-46(43,44)25-9-10-28(37)30(17-25)45-32(34,35)36/h1-10,17,20,24H,11-16,18-19,37H2,(H,38,39,40). The number of likely N-dealkylation sites (tertiary alicyclic amines) is 1. The fraction of sp³-hybridized carbons (Fsp3) is 0.312. The molecule has 6 rings (SSSR count). The fourth-order valence-electron chi connectivity index (χ4n) is 6.11. The van der Waals surface area contributed by atoms with Crippen LogP contribution in [0.15, 0.2) is 82.8 Å². The summed E-state index contributed by atoms with van der Waals surface area (Å²) in [6.45, 7) is 4.04. The number of thioether (sulfide) groups is 1. The van der Waals surface area contributed by atoms with E-state index in [0.29, 0.717) is 36.1 Å². The predicted octanol–water partition coefficient (Wildman–Crippen LogP) is 6.81. The first-order chi connectivity index (χ1) is 21.9. The first-order valence-electron chi connectivity index (χ1n) is 14.8. The molecule has 3 N–H and O–H groups in total. The van der Waals surface area contributed by atoms with Crippen molar-refractivity contribution in [1.82, 2.24) is 19.8 Å². The number of sulfonamides is 1. The molecule has 0 unspecified atom stereocenters. The molecule has 0 spiro atoms. The van der Waals surface area contributed by atoms with Crippen LogP contribution in [0.2, 0.25) is 5.02 Å². The van der Waals surface area contributed by atoms with Gasteiger partial charge in [-0.1, -0.05) is 48.0 Å². The van der Waals surface area contributed by atoms with Gasteiger partial charge in [0.05, 0.1) is 10.6 Å². The van der Waals surface area contributed by atoms with Gasteiger partial charge in [-0.15, -0.1) is 0 Å². The van der Waals surface area contributed by atoms with E-state index in [0.717, 1.165) is 55.9 Å². The Kier molecular flexibility index (Phi) is 9.49. The Morgan fingerprint density at radius 3 is 2.48 bits per heavy atom. The lowest BCUT2D eigenvalue weighted by Gasteiger charge is -2.40. The summed E-state index contributed by atoms with van der Waals surface area (Å²) in [5.41, 5.74) is 5.95. The number of fused-ring (bicyclic) bond motifs is 1. The third-order valence-corrected chi connectivity index (χ3v) is 10.8. The first kappa shape index (κ1) is 32.6. The van der Waals surface area contributed by atoms with Crippen molar-refractivity contribution in [3.8, 4) is 11.1 Å². The molecule has 0 atom stereocenters. The number of piperidine rings is 1. The number of halogens is 4. The van der Waals surface area contributed by atoms with E-state index in [2.05, 4.69) is 48.8 Å². The average Bonchev–Trinajstić information content (AvgIpc) is 3.02. The van der Waals surface area contributed by atoms with Crippen LogP contribution in [0, 0.1) is 0 Å². The first-order valence-corrected chi connectivity index (χ1v) is 17.4. The largest absolute Gasteiger partial charge is 0.446 e. The van der Waals surface area contributed by atoms with Crippen LogP contribution in [0.3, 0.4) is 0 Å². The molecule has 1 fully saturated rings. The number of nitrogen functional groups attached to an aromatic ring is 1. The minimum absolute atomic E-state index is 0.140. The summed E-state index contributed by atoms with van der Waals surface area (Å²) in [5, 5.41) is 0.714. The van der Waals surface area contributed by atoms with Gasteiger partial charge in [0.15, 0.2) is 0 Å². The van der Waals surface area contributed by atoms with E-state index >= 15 is 0 Å². The molecule has 0 saturated carbocycles. The number of nitrogens with zero attached hydrogens (tertiary/aromatic N) is 4. The molecule has 1 saturated heterocycles. The average molecular weight is 689 g/mol. The molecule has 46 heavy (non-hydrogen) atoms. The Bertz CT molecular complexity index is 1820. The van der Waals surface area contributed by atoms with E-state index in [4.69, 9.17) is 17.3 Å². The molecule has 4 aromatic rings. The summed E-state index contributed by atoms with van der Waals surface area (Å²) in [7, 11) is -4.23. The number of nitrogens with two attached hydrogens (primary N) is 1. The van der Waals surface area contributed by atoms with Crippen molar-refractivity contribution < 1.29 is 21.6 Å². The zero-order valence-electron chi connectivity index (χ0n) is 24.7. The normalized spacial score (nSPS) is 16.7. The molecule has 8 nitrogen and oxygen atoms in total. The molecular formula is C32H32ClF3N6O2S2. The quantitative estimate of drug-likeness (QED) is 0.154. The zero-order valence-corrected chi connectivity index (χ0v) is 27.1. The van der Waals surface area contributed by atoms with Crippen molar-refractivity contribution in [2.45, 2.75) is 53.7 Å². The van der Waals surface area contributed by atoms with Crippen LogP contribution in [0.25, 0.3) is 11.1 Å². The summed E-state index contributed by atoms with van der Waals surface area (Å²) < 4.78 is 67.7. The predicted molar refractivity (Wildman–Crippen MR) is 175 cm³/mol. The number of hydrogen-bond donors (Lipinski definition) is 2.